The summed E-state index contributed by atoms with van der Waals surface area (Å²) in [6.07, 6.45) is 0. The van der Waals surface area contributed by atoms with Crippen LogP contribution in [0.1, 0.15) is 6.92 Å². The third-order valence-corrected chi connectivity index (χ3v) is 1.50. The van der Waals surface area contributed by atoms with Gasteiger partial charge in [-0.1, -0.05) is 0 Å². The van der Waals surface area contributed by atoms with E-state index in [0.717, 1.165) is 6.07 Å². The van der Waals surface area contributed by atoms with Crippen molar-refractivity contribution in [2.45, 2.75) is 6.92 Å². The minimum Gasteiger partial charge on any atom is -0.491 e. The summed E-state index contributed by atoms with van der Waals surface area (Å²) < 4.78 is 18.1. The van der Waals surface area contributed by atoms with Crippen LogP contribution in [0, 0.1) is 5.82 Å². The summed E-state index contributed by atoms with van der Waals surface area (Å²) in [7, 11) is 0. The molecule has 1 aromatic rings. The number of hydrogen-bond donors (Lipinski definition) is 2. The van der Waals surface area contributed by atoms with Crippen LogP contribution in [0.2, 0.25) is 0 Å². The Hall–Kier alpha value is -1.78. The molecule has 0 fully saturated rings. The number of primary amides is 1. The second-order valence-corrected chi connectivity index (χ2v) is 2.57. The number of ether oxygens (including phenoxy) is 1. The van der Waals surface area contributed by atoms with E-state index in [2.05, 4.69) is 5.32 Å². The highest BCUT2D eigenvalue weighted by molar-refractivity contribution is 5.87. The van der Waals surface area contributed by atoms with E-state index < -0.39 is 11.8 Å². The van der Waals surface area contributed by atoms with Crippen LogP contribution in [-0.2, 0) is 0 Å². The van der Waals surface area contributed by atoms with Crippen molar-refractivity contribution in [3.8, 4) is 5.75 Å². The van der Waals surface area contributed by atoms with E-state index >= 15 is 0 Å². The Morgan fingerprint density at radius 3 is 2.86 bits per heavy atom. The number of urea groups is 1. The van der Waals surface area contributed by atoms with E-state index in [9.17, 15) is 9.18 Å². The van der Waals surface area contributed by atoms with E-state index in [0.29, 0.717) is 12.3 Å². The Kier molecular flexibility index (Phi) is 3.28. The second-order valence-electron chi connectivity index (χ2n) is 2.57. The molecule has 1 rings (SSSR count). The largest absolute Gasteiger partial charge is 0.491 e. The fraction of sp³-hybridized carbons (Fsp3) is 0.222. The molecular formula is C9H11FN2O2. The fourth-order valence-electron chi connectivity index (χ4n) is 0.993. The molecule has 2 amide bonds. The standard InChI is InChI=1S/C9H11FN2O2/c1-2-14-8-4-3-6(5-7(8)10)12-9(11)13/h3-5H,2H2,1H3,(H3,11,12,13). The molecule has 76 valence electrons. The topological polar surface area (TPSA) is 64.3 Å². The van der Waals surface area contributed by atoms with Gasteiger partial charge in [-0.2, -0.15) is 0 Å². The number of nitrogens with two attached hydrogens (primary N) is 1. The molecule has 0 saturated carbocycles. The highest BCUT2D eigenvalue weighted by Gasteiger charge is 2.04. The Morgan fingerprint density at radius 2 is 2.36 bits per heavy atom. The summed E-state index contributed by atoms with van der Waals surface area (Å²) in [6, 6.07) is 3.37. The smallest absolute Gasteiger partial charge is 0.316 e. The molecule has 0 spiro atoms. The van der Waals surface area contributed by atoms with Crippen LogP contribution in [0.5, 0.6) is 5.75 Å². The monoisotopic (exact) mass is 198 g/mol. The van der Waals surface area contributed by atoms with Gasteiger partial charge >= 0.3 is 6.03 Å². The van der Waals surface area contributed by atoms with Gasteiger partial charge in [0.1, 0.15) is 0 Å². The number of halogens is 1. The molecular weight excluding hydrogens is 187 g/mol. The molecule has 0 heterocycles. The van der Waals surface area contributed by atoms with Gasteiger partial charge in [0.15, 0.2) is 11.6 Å². The zero-order valence-electron chi connectivity index (χ0n) is 7.71. The maximum absolute atomic E-state index is 13.2. The number of rotatable bonds is 3. The van der Waals surface area contributed by atoms with Crippen LogP contribution in [0.25, 0.3) is 0 Å². The lowest BCUT2D eigenvalue weighted by atomic mass is 10.3. The maximum Gasteiger partial charge on any atom is 0.316 e. The van der Waals surface area contributed by atoms with Gasteiger partial charge in [0.2, 0.25) is 0 Å². The van der Waals surface area contributed by atoms with Crippen molar-refractivity contribution in [2.24, 2.45) is 5.73 Å². The van der Waals surface area contributed by atoms with Crippen LogP contribution in [0.15, 0.2) is 18.2 Å². The predicted molar refractivity (Wildman–Crippen MR) is 50.8 cm³/mol. The average Bonchev–Trinajstić information content (AvgIpc) is 2.09. The van der Waals surface area contributed by atoms with Crippen LogP contribution < -0.4 is 15.8 Å². The zero-order chi connectivity index (χ0) is 10.6. The number of hydrogen-bond acceptors (Lipinski definition) is 2. The van der Waals surface area contributed by atoms with Gasteiger partial charge in [0.25, 0.3) is 0 Å². The van der Waals surface area contributed by atoms with E-state index in [4.69, 9.17) is 10.5 Å². The van der Waals surface area contributed by atoms with Crippen molar-refractivity contribution in [2.75, 3.05) is 11.9 Å². The summed E-state index contributed by atoms with van der Waals surface area (Å²) in [5.74, 6) is -0.374. The first kappa shape index (κ1) is 10.3. The van der Waals surface area contributed by atoms with Gasteiger partial charge in [-0.15, -0.1) is 0 Å². The van der Waals surface area contributed by atoms with Crippen molar-refractivity contribution in [1.82, 2.24) is 0 Å². The van der Waals surface area contributed by atoms with E-state index in [1.165, 1.54) is 12.1 Å². The highest BCUT2D eigenvalue weighted by Crippen LogP contribution is 2.20. The zero-order valence-corrected chi connectivity index (χ0v) is 7.71. The first-order valence-electron chi connectivity index (χ1n) is 4.12. The molecule has 0 bridgehead atoms. The van der Waals surface area contributed by atoms with Gasteiger partial charge in [-0.3, -0.25) is 0 Å². The lowest BCUT2D eigenvalue weighted by molar-refractivity contribution is 0.259. The Bertz CT molecular complexity index is 342. The number of carbonyl (C=O) groups excluding carboxylic acids is 1. The molecule has 14 heavy (non-hydrogen) atoms. The first-order chi connectivity index (χ1) is 6.63. The summed E-state index contributed by atoms with van der Waals surface area (Å²) >= 11 is 0. The molecule has 0 saturated heterocycles. The van der Waals surface area contributed by atoms with Gasteiger partial charge in [-0.05, 0) is 19.1 Å². The first-order valence-corrected chi connectivity index (χ1v) is 4.12. The molecule has 0 unspecified atom stereocenters. The van der Waals surface area contributed by atoms with Crippen molar-refractivity contribution < 1.29 is 13.9 Å². The highest BCUT2D eigenvalue weighted by atomic mass is 19.1. The fourth-order valence-corrected chi connectivity index (χ4v) is 0.993. The number of amides is 2. The lowest BCUT2D eigenvalue weighted by Crippen LogP contribution is -2.19. The third kappa shape index (κ3) is 2.62. The van der Waals surface area contributed by atoms with E-state index in [1.807, 2.05) is 0 Å². The molecule has 0 aliphatic heterocycles. The molecule has 0 aliphatic carbocycles. The summed E-state index contributed by atoms with van der Waals surface area (Å²) in [5, 5.41) is 2.26. The van der Waals surface area contributed by atoms with Gasteiger partial charge in [0, 0.05) is 11.8 Å². The molecule has 4 nitrogen and oxygen atoms in total. The normalized spacial score (nSPS) is 9.57. The number of nitrogens with one attached hydrogen (secondary N) is 1. The van der Waals surface area contributed by atoms with Crippen LogP contribution in [-0.4, -0.2) is 12.6 Å². The summed E-state index contributed by atoms with van der Waals surface area (Å²) in [4.78, 5) is 10.4. The third-order valence-electron chi connectivity index (χ3n) is 1.50. The number of benzene rings is 1. The minimum atomic E-state index is -0.728. The van der Waals surface area contributed by atoms with Gasteiger partial charge < -0.3 is 15.8 Å². The van der Waals surface area contributed by atoms with Gasteiger partial charge in [0.05, 0.1) is 6.61 Å². The molecule has 0 atom stereocenters. The lowest BCUT2D eigenvalue weighted by Gasteiger charge is -2.06. The average molecular weight is 198 g/mol. The van der Waals surface area contributed by atoms with Crippen molar-refractivity contribution in [3.63, 3.8) is 0 Å². The Balaban J connectivity index is 2.83. The summed E-state index contributed by atoms with van der Waals surface area (Å²) in [6.45, 7) is 2.15. The van der Waals surface area contributed by atoms with Crippen LogP contribution >= 0.6 is 0 Å². The van der Waals surface area contributed by atoms with E-state index in [1.54, 1.807) is 6.92 Å². The van der Waals surface area contributed by atoms with E-state index in [-0.39, 0.29) is 5.75 Å². The van der Waals surface area contributed by atoms with Crippen molar-refractivity contribution in [1.29, 1.82) is 0 Å². The molecule has 0 aliphatic rings. The molecule has 0 aromatic heterocycles. The number of anilines is 1. The molecule has 5 heteroatoms. The van der Waals surface area contributed by atoms with Crippen LogP contribution in [0.4, 0.5) is 14.9 Å². The SMILES string of the molecule is CCOc1ccc(NC(N)=O)cc1F. The predicted octanol–water partition coefficient (Wildman–Crippen LogP) is 1.71. The Morgan fingerprint density at radius 1 is 1.64 bits per heavy atom. The van der Waals surface area contributed by atoms with Crippen molar-refractivity contribution in [3.05, 3.63) is 24.0 Å². The Labute approximate surface area is 80.9 Å². The maximum atomic E-state index is 13.2. The molecule has 3 N–H and O–H groups in total. The summed E-state index contributed by atoms with van der Waals surface area (Å²) in [5.41, 5.74) is 5.17. The minimum absolute atomic E-state index is 0.155. The molecule has 0 radical (unpaired) electrons. The number of carbonyl (C=O) groups is 1. The second kappa shape index (κ2) is 4.45. The van der Waals surface area contributed by atoms with Gasteiger partial charge in [-0.25, -0.2) is 9.18 Å². The van der Waals surface area contributed by atoms with Crippen molar-refractivity contribution >= 4 is 11.7 Å². The van der Waals surface area contributed by atoms with Crippen LogP contribution in [0.3, 0.4) is 0 Å². The molecule has 1 aromatic carbocycles. The quantitative estimate of drug-likeness (QED) is 0.776.